The third kappa shape index (κ3) is 3.38. The van der Waals surface area contributed by atoms with Crippen molar-refractivity contribution in [3.63, 3.8) is 0 Å². The average molecular weight is 297 g/mol. The number of nitrogens with one attached hydrogen (secondary N) is 1. The van der Waals surface area contributed by atoms with E-state index in [1.54, 1.807) is 18.3 Å². The van der Waals surface area contributed by atoms with Crippen molar-refractivity contribution >= 4 is 34.1 Å². The molecule has 1 heterocycles. The number of carbonyl (C=O) groups excluding carboxylic acids is 1. The van der Waals surface area contributed by atoms with Crippen LogP contribution < -0.4 is 5.32 Å². The Labute approximate surface area is 127 Å². The first kappa shape index (κ1) is 13.6. The van der Waals surface area contributed by atoms with E-state index in [0.717, 1.165) is 16.3 Å². The highest BCUT2D eigenvalue weighted by atomic mass is 35.5. The lowest BCUT2D eigenvalue weighted by molar-refractivity contribution is -0.115. The van der Waals surface area contributed by atoms with Crippen LogP contribution in [0.2, 0.25) is 5.02 Å². The van der Waals surface area contributed by atoms with Crippen LogP contribution in [-0.4, -0.2) is 10.9 Å². The first-order valence-electron chi connectivity index (χ1n) is 6.60. The molecule has 104 valence electrons. The van der Waals surface area contributed by atoms with E-state index in [1.807, 2.05) is 36.4 Å². The fraction of sp³-hybridized carbons (Fsp3) is 0.0588. The molecule has 0 atom stereocenters. The molecule has 2 aromatic carbocycles. The van der Waals surface area contributed by atoms with Gasteiger partial charge in [-0.2, -0.15) is 0 Å². The van der Waals surface area contributed by atoms with Crippen molar-refractivity contribution in [2.45, 2.75) is 6.42 Å². The second-order valence-electron chi connectivity index (χ2n) is 4.77. The highest BCUT2D eigenvalue weighted by Crippen LogP contribution is 2.17. The van der Waals surface area contributed by atoms with E-state index in [9.17, 15) is 4.79 Å². The average Bonchev–Trinajstić information content (AvgIpc) is 2.47. The monoisotopic (exact) mass is 296 g/mol. The standard InChI is InChI=1S/C17H13ClN2O/c18-15-7-8-19-16(11-15)20-17(21)10-12-5-6-13-3-1-2-4-14(13)9-12/h1-9,11H,10H2,(H,19,20,21). The maximum atomic E-state index is 12.0. The molecule has 3 nitrogen and oxygen atoms in total. The summed E-state index contributed by atoms with van der Waals surface area (Å²) in [6.07, 6.45) is 1.87. The van der Waals surface area contributed by atoms with E-state index in [0.29, 0.717) is 17.3 Å². The Hall–Kier alpha value is -2.39. The van der Waals surface area contributed by atoms with Crippen LogP contribution in [0.4, 0.5) is 5.82 Å². The van der Waals surface area contributed by atoms with Crippen LogP contribution in [0.3, 0.4) is 0 Å². The second-order valence-corrected chi connectivity index (χ2v) is 5.20. The zero-order valence-corrected chi connectivity index (χ0v) is 12.0. The smallest absolute Gasteiger partial charge is 0.229 e. The number of hydrogen-bond donors (Lipinski definition) is 1. The van der Waals surface area contributed by atoms with Crippen molar-refractivity contribution < 1.29 is 4.79 Å². The summed E-state index contributed by atoms with van der Waals surface area (Å²) in [5, 5.41) is 5.59. The van der Waals surface area contributed by atoms with Crippen LogP contribution in [0.5, 0.6) is 0 Å². The van der Waals surface area contributed by atoms with Crippen molar-refractivity contribution in [1.82, 2.24) is 4.98 Å². The summed E-state index contributed by atoms with van der Waals surface area (Å²) in [6, 6.07) is 17.4. The molecular weight excluding hydrogens is 284 g/mol. The summed E-state index contributed by atoms with van der Waals surface area (Å²) in [6.45, 7) is 0. The quantitative estimate of drug-likeness (QED) is 0.791. The Morgan fingerprint density at radius 2 is 1.86 bits per heavy atom. The van der Waals surface area contributed by atoms with Gasteiger partial charge in [-0.1, -0.05) is 54.1 Å². The third-order valence-electron chi connectivity index (χ3n) is 3.17. The van der Waals surface area contributed by atoms with Crippen LogP contribution in [0.1, 0.15) is 5.56 Å². The topological polar surface area (TPSA) is 42.0 Å². The van der Waals surface area contributed by atoms with Gasteiger partial charge in [0.25, 0.3) is 0 Å². The van der Waals surface area contributed by atoms with E-state index in [4.69, 9.17) is 11.6 Å². The van der Waals surface area contributed by atoms with Gasteiger partial charge in [-0.3, -0.25) is 4.79 Å². The van der Waals surface area contributed by atoms with Crippen molar-refractivity contribution in [2.75, 3.05) is 5.32 Å². The van der Waals surface area contributed by atoms with Crippen LogP contribution >= 0.6 is 11.6 Å². The predicted molar refractivity (Wildman–Crippen MR) is 85.5 cm³/mol. The van der Waals surface area contributed by atoms with Gasteiger partial charge in [-0.25, -0.2) is 4.98 Å². The molecule has 0 aliphatic carbocycles. The summed E-state index contributed by atoms with van der Waals surface area (Å²) in [5.41, 5.74) is 0.966. The van der Waals surface area contributed by atoms with Crippen molar-refractivity contribution in [3.05, 3.63) is 71.4 Å². The number of aromatic nitrogens is 1. The Kier molecular flexibility index (Phi) is 3.84. The van der Waals surface area contributed by atoms with Crippen molar-refractivity contribution in [1.29, 1.82) is 0 Å². The van der Waals surface area contributed by atoms with Gasteiger partial charge >= 0.3 is 0 Å². The van der Waals surface area contributed by atoms with E-state index in [1.165, 1.54) is 0 Å². The van der Waals surface area contributed by atoms with Crippen LogP contribution in [0, 0.1) is 0 Å². The zero-order chi connectivity index (χ0) is 14.7. The number of benzene rings is 2. The molecule has 0 aliphatic heterocycles. The molecule has 1 aromatic heterocycles. The van der Waals surface area contributed by atoms with Gasteiger partial charge in [0.1, 0.15) is 5.82 Å². The number of nitrogens with zero attached hydrogens (tertiary/aromatic N) is 1. The number of pyridine rings is 1. The molecule has 0 spiro atoms. The maximum absolute atomic E-state index is 12.0. The van der Waals surface area contributed by atoms with Crippen LogP contribution in [-0.2, 0) is 11.2 Å². The van der Waals surface area contributed by atoms with Crippen molar-refractivity contribution in [2.24, 2.45) is 0 Å². The van der Waals surface area contributed by atoms with Gasteiger partial charge in [0, 0.05) is 11.2 Å². The van der Waals surface area contributed by atoms with Gasteiger partial charge < -0.3 is 5.32 Å². The first-order valence-corrected chi connectivity index (χ1v) is 6.97. The molecule has 0 aliphatic rings. The summed E-state index contributed by atoms with van der Waals surface area (Å²) < 4.78 is 0. The van der Waals surface area contributed by atoms with Gasteiger partial charge in [0.2, 0.25) is 5.91 Å². The fourth-order valence-corrected chi connectivity index (χ4v) is 2.35. The number of fused-ring (bicyclic) bond motifs is 1. The highest BCUT2D eigenvalue weighted by molar-refractivity contribution is 6.30. The second kappa shape index (κ2) is 5.94. The van der Waals surface area contributed by atoms with E-state index >= 15 is 0 Å². The minimum atomic E-state index is -0.111. The summed E-state index contributed by atoms with van der Waals surface area (Å²) in [7, 11) is 0. The number of anilines is 1. The molecular formula is C17H13ClN2O. The normalized spacial score (nSPS) is 10.5. The lowest BCUT2D eigenvalue weighted by atomic mass is 10.1. The number of rotatable bonds is 3. The number of amides is 1. The number of hydrogen-bond acceptors (Lipinski definition) is 2. The minimum absolute atomic E-state index is 0.111. The maximum Gasteiger partial charge on any atom is 0.229 e. The Bertz CT molecular complexity index is 801. The molecule has 1 amide bonds. The molecule has 3 aromatic rings. The molecule has 3 rings (SSSR count). The van der Waals surface area contributed by atoms with Gasteiger partial charge in [-0.05, 0) is 28.5 Å². The SMILES string of the molecule is O=C(Cc1ccc2ccccc2c1)Nc1cc(Cl)ccn1. The molecule has 1 N–H and O–H groups in total. The van der Waals surface area contributed by atoms with Crippen LogP contribution in [0.25, 0.3) is 10.8 Å². The van der Waals surface area contributed by atoms with Gasteiger partial charge in [0.05, 0.1) is 6.42 Å². The highest BCUT2D eigenvalue weighted by Gasteiger charge is 2.06. The van der Waals surface area contributed by atoms with E-state index in [2.05, 4.69) is 16.4 Å². The fourth-order valence-electron chi connectivity index (χ4n) is 2.19. The summed E-state index contributed by atoms with van der Waals surface area (Å²) in [4.78, 5) is 16.1. The molecule has 0 fully saturated rings. The Balaban J connectivity index is 1.74. The number of carbonyl (C=O) groups is 1. The molecule has 0 saturated heterocycles. The largest absolute Gasteiger partial charge is 0.310 e. The molecule has 0 radical (unpaired) electrons. The van der Waals surface area contributed by atoms with Crippen molar-refractivity contribution in [3.8, 4) is 0 Å². The Morgan fingerprint density at radius 1 is 1.05 bits per heavy atom. The molecule has 0 saturated carbocycles. The molecule has 0 bridgehead atoms. The van der Waals surface area contributed by atoms with E-state index in [-0.39, 0.29) is 5.91 Å². The zero-order valence-electron chi connectivity index (χ0n) is 11.2. The first-order chi connectivity index (χ1) is 10.2. The lowest BCUT2D eigenvalue weighted by Gasteiger charge is -2.06. The summed E-state index contributed by atoms with van der Waals surface area (Å²) in [5.74, 6) is 0.355. The Morgan fingerprint density at radius 3 is 2.67 bits per heavy atom. The lowest BCUT2D eigenvalue weighted by Crippen LogP contribution is -2.15. The third-order valence-corrected chi connectivity index (χ3v) is 3.40. The van der Waals surface area contributed by atoms with Crippen LogP contribution in [0.15, 0.2) is 60.8 Å². The number of halogens is 1. The minimum Gasteiger partial charge on any atom is -0.310 e. The summed E-state index contributed by atoms with van der Waals surface area (Å²) >= 11 is 5.86. The van der Waals surface area contributed by atoms with Gasteiger partial charge in [0.15, 0.2) is 0 Å². The predicted octanol–water partition coefficient (Wildman–Crippen LogP) is 4.07. The molecule has 0 unspecified atom stereocenters. The molecule has 21 heavy (non-hydrogen) atoms. The molecule has 4 heteroatoms. The van der Waals surface area contributed by atoms with Gasteiger partial charge in [-0.15, -0.1) is 0 Å². The van der Waals surface area contributed by atoms with E-state index < -0.39 is 0 Å².